The number of carbonyl (C=O) groups excluding carboxylic acids is 1. The first kappa shape index (κ1) is 7.55. The van der Waals surface area contributed by atoms with Crippen molar-refractivity contribution in [3.63, 3.8) is 0 Å². The van der Waals surface area contributed by atoms with Crippen molar-refractivity contribution < 1.29 is 4.79 Å². The number of aromatic amines is 1. The molecule has 1 heterocycles. The number of aldehydes is 1. The zero-order valence-electron chi connectivity index (χ0n) is 6.22. The number of nitrogens with zero attached hydrogens (tertiary/aromatic N) is 1. The van der Waals surface area contributed by atoms with Crippen LogP contribution in [-0.2, 0) is 6.42 Å². The Morgan fingerprint density at radius 3 is 2.91 bits per heavy atom. The molecule has 56 valence electrons. The van der Waals surface area contributed by atoms with Gasteiger partial charge in [-0.2, -0.15) is 5.26 Å². The van der Waals surface area contributed by atoms with Gasteiger partial charge in [0.15, 0.2) is 6.29 Å². The lowest BCUT2D eigenvalue weighted by Gasteiger charge is -1.83. The van der Waals surface area contributed by atoms with Crippen molar-refractivity contribution in [2.75, 3.05) is 0 Å². The summed E-state index contributed by atoms with van der Waals surface area (Å²) in [4.78, 5) is 13.2. The van der Waals surface area contributed by atoms with Crippen molar-refractivity contribution >= 4 is 6.29 Å². The topological polar surface area (TPSA) is 56.6 Å². The summed E-state index contributed by atoms with van der Waals surface area (Å²) < 4.78 is 0. The molecule has 0 amide bonds. The first-order chi connectivity index (χ1) is 5.31. The molecule has 0 bridgehead atoms. The van der Waals surface area contributed by atoms with E-state index in [9.17, 15) is 4.79 Å². The zero-order chi connectivity index (χ0) is 8.27. The molecular weight excluding hydrogens is 140 g/mol. The standard InChI is InChI=1S/C8H8N2O/c1-2-7-3-6(4-9)8(5-11)10-7/h3,5,10H,2H2,1H3. The van der Waals surface area contributed by atoms with E-state index in [1.807, 2.05) is 13.0 Å². The molecular formula is C8H8N2O. The monoisotopic (exact) mass is 148 g/mol. The molecule has 3 heteroatoms. The van der Waals surface area contributed by atoms with Crippen molar-refractivity contribution in [3.8, 4) is 6.07 Å². The maximum Gasteiger partial charge on any atom is 0.167 e. The van der Waals surface area contributed by atoms with Gasteiger partial charge in [0.2, 0.25) is 0 Å². The quantitative estimate of drug-likeness (QED) is 0.642. The minimum atomic E-state index is 0.379. The minimum Gasteiger partial charge on any atom is -0.355 e. The molecule has 0 spiro atoms. The molecule has 0 aliphatic carbocycles. The van der Waals surface area contributed by atoms with E-state index >= 15 is 0 Å². The molecule has 3 nitrogen and oxygen atoms in total. The van der Waals surface area contributed by atoms with Crippen molar-refractivity contribution in [3.05, 3.63) is 23.0 Å². The summed E-state index contributed by atoms with van der Waals surface area (Å²) in [6, 6.07) is 3.64. The number of carbonyl (C=O) groups is 1. The second-order valence-electron chi connectivity index (χ2n) is 2.21. The second kappa shape index (κ2) is 3.02. The molecule has 1 aromatic heterocycles. The van der Waals surface area contributed by atoms with E-state index in [2.05, 4.69) is 4.98 Å². The largest absolute Gasteiger partial charge is 0.355 e. The Morgan fingerprint density at radius 2 is 2.55 bits per heavy atom. The summed E-state index contributed by atoms with van der Waals surface area (Å²) in [6.45, 7) is 1.96. The molecule has 0 saturated heterocycles. The molecule has 0 fully saturated rings. The lowest BCUT2D eigenvalue weighted by molar-refractivity contribution is 0.111. The number of hydrogen-bond acceptors (Lipinski definition) is 2. The average molecular weight is 148 g/mol. The van der Waals surface area contributed by atoms with E-state index in [0.29, 0.717) is 17.5 Å². The minimum absolute atomic E-state index is 0.379. The van der Waals surface area contributed by atoms with Crippen LogP contribution in [0.5, 0.6) is 0 Å². The second-order valence-corrected chi connectivity index (χ2v) is 2.21. The Morgan fingerprint density at radius 1 is 1.82 bits per heavy atom. The third-order valence-corrected chi connectivity index (χ3v) is 1.52. The third kappa shape index (κ3) is 1.30. The maximum atomic E-state index is 10.3. The molecule has 0 atom stereocenters. The number of hydrogen-bond donors (Lipinski definition) is 1. The fraction of sp³-hybridized carbons (Fsp3) is 0.250. The van der Waals surface area contributed by atoms with Crippen LogP contribution >= 0.6 is 0 Å². The van der Waals surface area contributed by atoms with E-state index in [-0.39, 0.29) is 0 Å². The molecule has 11 heavy (non-hydrogen) atoms. The lowest BCUT2D eigenvalue weighted by atomic mass is 10.2. The van der Waals surface area contributed by atoms with Gasteiger partial charge in [-0.1, -0.05) is 6.92 Å². The average Bonchev–Trinajstić information content (AvgIpc) is 2.46. The highest BCUT2D eigenvalue weighted by Crippen LogP contribution is 2.07. The van der Waals surface area contributed by atoms with Gasteiger partial charge in [0.25, 0.3) is 0 Å². The van der Waals surface area contributed by atoms with E-state index in [1.165, 1.54) is 0 Å². The third-order valence-electron chi connectivity index (χ3n) is 1.52. The van der Waals surface area contributed by atoms with Crippen molar-refractivity contribution in [2.24, 2.45) is 0 Å². The van der Waals surface area contributed by atoms with Crippen LogP contribution in [0.1, 0.15) is 28.7 Å². The van der Waals surface area contributed by atoms with Gasteiger partial charge in [0, 0.05) is 5.69 Å². The molecule has 0 aliphatic rings. The number of aromatic nitrogens is 1. The molecule has 1 rings (SSSR count). The van der Waals surface area contributed by atoms with Crippen molar-refractivity contribution in [2.45, 2.75) is 13.3 Å². The normalized spacial score (nSPS) is 9.09. The predicted molar refractivity (Wildman–Crippen MR) is 40.3 cm³/mol. The summed E-state index contributed by atoms with van der Waals surface area (Å²) >= 11 is 0. The first-order valence-electron chi connectivity index (χ1n) is 3.39. The van der Waals surface area contributed by atoms with Gasteiger partial charge < -0.3 is 4.98 Å². The Hall–Kier alpha value is -1.56. The fourth-order valence-corrected chi connectivity index (χ4v) is 0.904. The smallest absolute Gasteiger partial charge is 0.167 e. The number of nitriles is 1. The Labute approximate surface area is 64.7 Å². The molecule has 0 unspecified atom stereocenters. The number of aryl methyl sites for hydroxylation is 1. The number of nitrogens with one attached hydrogen (secondary N) is 1. The van der Waals surface area contributed by atoms with Gasteiger partial charge in [0.05, 0.1) is 11.3 Å². The van der Waals surface area contributed by atoms with Crippen LogP contribution in [0.15, 0.2) is 6.07 Å². The SMILES string of the molecule is CCc1cc(C#N)c(C=O)[nH]1. The first-order valence-corrected chi connectivity index (χ1v) is 3.39. The van der Waals surface area contributed by atoms with Gasteiger partial charge in [0.1, 0.15) is 6.07 Å². The van der Waals surface area contributed by atoms with E-state index in [4.69, 9.17) is 5.26 Å². The maximum absolute atomic E-state index is 10.3. The summed E-state index contributed by atoms with van der Waals surface area (Å²) in [7, 11) is 0. The van der Waals surface area contributed by atoms with E-state index in [1.54, 1.807) is 6.07 Å². The van der Waals surface area contributed by atoms with Crippen LogP contribution in [0.2, 0.25) is 0 Å². The molecule has 1 N–H and O–H groups in total. The van der Waals surface area contributed by atoms with Crippen molar-refractivity contribution in [1.29, 1.82) is 5.26 Å². The Balaban J connectivity index is 3.14. The summed E-state index contributed by atoms with van der Waals surface area (Å²) in [6.07, 6.45) is 1.47. The summed E-state index contributed by atoms with van der Waals surface area (Å²) in [5.41, 5.74) is 1.73. The Bertz CT molecular complexity index is 306. The Kier molecular flexibility index (Phi) is 2.07. The van der Waals surface area contributed by atoms with Crippen LogP contribution in [0.25, 0.3) is 0 Å². The molecule has 0 radical (unpaired) electrons. The fourth-order valence-electron chi connectivity index (χ4n) is 0.904. The van der Waals surface area contributed by atoms with Gasteiger partial charge in [-0.25, -0.2) is 0 Å². The van der Waals surface area contributed by atoms with Crippen LogP contribution in [0.3, 0.4) is 0 Å². The highest BCUT2D eigenvalue weighted by Gasteiger charge is 2.03. The highest BCUT2D eigenvalue weighted by atomic mass is 16.1. The number of H-pyrrole nitrogens is 1. The van der Waals surface area contributed by atoms with Crippen LogP contribution in [-0.4, -0.2) is 11.3 Å². The van der Waals surface area contributed by atoms with Gasteiger partial charge in [-0.3, -0.25) is 4.79 Å². The van der Waals surface area contributed by atoms with Gasteiger partial charge in [-0.15, -0.1) is 0 Å². The van der Waals surface area contributed by atoms with Gasteiger partial charge in [-0.05, 0) is 12.5 Å². The predicted octanol–water partition coefficient (Wildman–Crippen LogP) is 1.26. The zero-order valence-corrected chi connectivity index (χ0v) is 6.22. The van der Waals surface area contributed by atoms with Crippen LogP contribution < -0.4 is 0 Å². The molecule has 1 aromatic rings. The van der Waals surface area contributed by atoms with Crippen LogP contribution in [0.4, 0.5) is 0 Å². The van der Waals surface area contributed by atoms with Crippen LogP contribution in [0, 0.1) is 11.3 Å². The number of rotatable bonds is 2. The van der Waals surface area contributed by atoms with E-state index < -0.39 is 0 Å². The lowest BCUT2D eigenvalue weighted by Crippen LogP contribution is -1.83. The molecule has 0 saturated carbocycles. The molecule has 0 aromatic carbocycles. The molecule has 0 aliphatic heterocycles. The van der Waals surface area contributed by atoms with Gasteiger partial charge >= 0.3 is 0 Å². The summed E-state index contributed by atoms with van der Waals surface area (Å²) in [5, 5.41) is 8.53. The highest BCUT2D eigenvalue weighted by molar-refractivity contribution is 5.76. The van der Waals surface area contributed by atoms with Crippen molar-refractivity contribution in [1.82, 2.24) is 4.98 Å². The van der Waals surface area contributed by atoms with E-state index in [0.717, 1.165) is 12.1 Å². The summed E-state index contributed by atoms with van der Waals surface area (Å²) in [5.74, 6) is 0.